The highest BCUT2D eigenvalue weighted by atomic mass is 16.6. The Kier molecular flexibility index (Phi) is 4.32. The number of hydrogen-bond acceptors (Lipinski definition) is 6. The van der Waals surface area contributed by atoms with Crippen LogP contribution in [0.5, 0.6) is 0 Å². The van der Waals surface area contributed by atoms with Crippen molar-refractivity contribution >= 4 is 17.3 Å². The summed E-state index contributed by atoms with van der Waals surface area (Å²) in [6, 6.07) is 3.15. The monoisotopic (exact) mass is 294 g/mol. The third-order valence-corrected chi connectivity index (χ3v) is 3.28. The molecule has 0 amide bonds. The molecule has 0 aromatic carbocycles. The quantitative estimate of drug-likeness (QED) is 0.678. The van der Waals surface area contributed by atoms with Gasteiger partial charge in [-0.2, -0.15) is 0 Å². The van der Waals surface area contributed by atoms with E-state index in [2.05, 4.69) is 10.3 Å². The minimum atomic E-state index is -0.384. The lowest BCUT2D eigenvalue weighted by molar-refractivity contribution is -0.384. The van der Waals surface area contributed by atoms with E-state index in [9.17, 15) is 10.1 Å². The second-order valence-electron chi connectivity index (χ2n) is 5.90. The van der Waals surface area contributed by atoms with E-state index in [0.29, 0.717) is 24.7 Å². The summed E-state index contributed by atoms with van der Waals surface area (Å²) in [6.07, 6.45) is -0.00190. The molecule has 0 aliphatic carbocycles. The number of nitrogens with one attached hydrogen (secondary N) is 1. The van der Waals surface area contributed by atoms with Crippen LogP contribution in [-0.2, 0) is 4.74 Å². The van der Waals surface area contributed by atoms with E-state index in [0.717, 1.165) is 6.54 Å². The van der Waals surface area contributed by atoms with Crippen LogP contribution in [0.3, 0.4) is 0 Å². The number of hydrogen-bond donors (Lipinski definition) is 1. The molecule has 2 rings (SSSR count). The van der Waals surface area contributed by atoms with Crippen LogP contribution in [0.15, 0.2) is 12.1 Å². The number of rotatable bonds is 4. The SMILES string of the molecule is CCNc1ccc([N+](=O)[O-])c(N2CC(C)OC(C)(C)C2)n1. The maximum atomic E-state index is 11.3. The fourth-order valence-electron chi connectivity index (χ4n) is 2.71. The third kappa shape index (κ3) is 3.60. The Morgan fingerprint density at radius 1 is 1.57 bits per heavy atom. The maximum absolute atomic E-state index is 11.3. The van der Waals surface area contributed by atoms with Gasteiger partial charge >= 0.3 is 5.69 Å². The summed E-state index contributed by atoms with van der Waals surface area (Å²) in [6.45, 7) is 9.77. The van der Waals surface area contributed by atoms with Crippen LogP contribution in [-0.4, -0.2) is 41.2 Å². The first-order valence-corrected chi connectivity index (χ1v) is 7.14. The van der Waals surface area contributed by atoms with Gasteiger partial charge in [0.15, 0.2) is 0 Å². The van der Waals surface area contributed by atoms with Crippen molar-refractivity contribution in [3.05, 3.63) is 22.2 Å². The van der Waals surface area contributed by atoms with Gasteiger partial charge in [0.2, 0.25) is 5.82 Å². The van der Waals surface area contributed by atoms with Crippen LogP contribution in [0.1, 0.15) is 27.7 Å². The molecule has 1 aromatic rings. The second-order valence-corrected chi connectivity index (χ2v) is 5.90. The van der Waals surface area contributed by atoms with Gasteiger partial charge in [0.1, 0.15) is 5.82 Å². The number of nitro groups is 1. The molecule has 21 heavy (non-hydrogen) atoms. The summed E-state index contributed by atoms with van der Waals surface area (Å²) >= 11 is 0. The van der Waals surface area contributed by atoms with Gasteiger partial charge in [-0.25, -0.2) is 4.98 Å². The Balaban J connectivity index is 2.39. The lowest BCUT2D eigenvalue weighted by Crippen LogP contribution is -2.52. The smallest absolute Gasteiger partial charge is 0.311 e. The van der Waals surface area contributed by atoms with Gasteiger partial charge in [-0.15, -0.1) is 0 Å². The van der Waals surface area contributed by atoms with Crippen molar-refractivity contribution in [2.45, 2.75) is 39.4 Å². The molecule has 0 saturated carbocycles. The molecular formula is C14H22N4O3. The minimum absolute atomic E-state index is 0.00190. The van der Waals surface area contributed by atoms with E-state index < -0.39 is 0 Å². The fourth-order valence-corrected chi connectivity index (χ4v) is 2.71. The molecule has 7 heteroatoms. The van der Waals surface area contributed by atoms with E-state index in [-0.39, 0.29) is 22.3 Å². The van der Waals surface area contributed by atoms with Crippen LogP contribution in [0.25, 0.3) is 0 Å². The standard InChI is InChI=1S/C14H22N4O3/c1-5-15-12-7-6-11(18(19)20)13(16-12)17-8-10(2)21-14(3,4)9-17/h6-7,10H,5,8-9H2,1-4H3,(H,15,16). The molecule has 1 atom stereocenters. The average molecular weight is 294 g/mol. The Morgan fingerprint density at radius 3 is 2.86 bits per heavy atom. The Bertz CT molecular complexity index is 533. The van der Waals surface area contributed by atoms with Gasteiger partial charge < -0.3 is 15.0 Å². The van der Waals surface area contributed by atoms with E-state index in [1.807, 2.05) is 32.6 Å². The molecule has 7 nitrogen and oxygen atoms in total. The molecule has 1 aliphatic rings. The minimum Gasteiger partial charge on any atom is -0.370 e. The molecule has 1 N–H and O–H groups in total. The van der Waals surface area contributed by atoms with Crippen molar-refractivity contribution in [3.63, 3.8) is 0 Å². The number of anilines is 2. The molecule has 1 aromatic heterocycles. The molecule has 1 saturated heterocycles. The topological polar surface area (TPSA) is 80.5 Å². The number of pyridine rings is 1. The first kappa shape index (κ1) is 15.5. The van der Waals surface area contributed by atoms with E-state index in [1.165, 1.54) is 6.07 Å². The third-order valence-electron chi connectivity index (χ3n) is 3.28. The molecule has 0 spiro atoms. The summed E-state index contributed by atoms with van der Waals surface area (Å²) in [7, 11) is 0. The number of ether oxygens (including phenoxy) is 1. The zero-order chi connectivity index (χ0) is 15.6. The predicted octanol–water partition coefficient (Wildman–Crippen LogP) is 2.43. The van der Waals surface area contributed by atoms with Gasteiger partial charge in [-0.3, -0.25) is 10.1 Å². The Hall–Kier alpha value is -1.89. The second kappa shape index (κ2) is 5.85. The normalized spacial score (nSPS) is 21.1. The van der Waals surface area contributed by atoms with Crippen molar-refractivity contribution in [2.24, 2.45) is 0 Å². The van der Waals surface area contributed by atoms with Crippen molar-refractivity contribution in [1.82, 2.24) is 4.98 Å². The first-order valence-electron chi connectivity index (χ1n) is 7.14. The lowest BCUT2D eigenvalue weighted by Gasteiger charge is -2.42. The number of nitrogens with zero attached hydrogens (tertiary/aromatic N) is 3. The van der Waals surface area contributed by atoms with Crippen LogP contribution in [0, 0.1) is 10.1 Å². The zero-order valence-corrected chi connectivity index (χ0v) is 12.9. The van der Waals surface area contributed by atoms with Gasteiger partial charge in [-0.05, 0) is 33.8 Å². The van der Waals surface area contributed by atoms with Gasteiger partial charge in [0.25, 0.3) is 0 Å². The Labute approximate surface area is 124 Å². The molecule has 1 unspecified atom stereocenters. The van der Waals surface area contributed by atoms with Crippen molar-refractivity contribution < 1.29 is 9.66 Å². The molecule has 0 bridgehead atoms. The van der Waals surface area contributed by atoms with Crippen molar-refractivity contribution in [1.29, 1.82) is 0 Å². The summed E-state index contributed by atoms with van der Waals surface area (Å²) < 4.78 is 5.85. The fraction of sp³-hybridized carbons (Fsp3) is 0.643. The highest BCUT2D eigenvalue weighted by molar-refractivity contribution is 5.62. The molecule has 116 valence electrons. The van der Waals surface area contributed by atoms with E-state index in [1.54, 1.807) is 6.07 Å². The number of aromatic nitrogens is 1. The van der Waals surface area contributed by atoms with Crippen molar-refractivity contribution in [2.75, 3.05) is 29.9 Å². The van der Waals surface area contributed by atoms with Crippen molar-refractivity contribution in [3.8, 4) is 0 Å². The van der Waals surface area contributed by atoms with Gasteiger partial charge in [0, 0.05) is 25.7 Å². The predicted molar refractivity (Wildman–Crippen MR) is 81.9 cm³/mol. The molecule has 0 radical (unpaired) electrons. The van der Waals surface area contributed by atoms with Crippen LogP contribution in [0.2, 0.25) is 0 Å². The average Bonchev–Trinajstić information content (AvgIpc) is 2.36. The zero-order valence-electron chi connectivity index (χ0n) is 12.9. The van der Waals surface area contributed by atoms with Crippen LogP contribution in [0.4, 0.5) is 17.3 Å². The summed E-state index contributed by atoms with van der Waals surface area (Å²) in [5.74, 6) is 1.05. The van der Waals surface area contributed by atoms with E-state index >= 15 is 0 Å². The summed E-state index contributed by atoms with van der Waals surface area (Å²) in [4.78, 5) is 17.2. The maximum Gasteiger partial charge on any atom is 0.311 e. The summed E-state index contributed by atoms with van der Waals surface area (Å²) in [5, 5.41) is 14.4. The van der Waals surface area contributed by atoms with Gasteiger partial charge in [0.05, 0.1) is 16.6 Å². The lowest BCUT2D eigenvalue weighted by atomic mass is 10.1. The van der Waals surface area contributed by atoms with Gasteiger partial charge in [-0.1, -0.05) is 0 Å². The number of morpholine rings is 1. The van der Waals surface area contributed by atoms with E-state index in [4.69, 9.17) is 4.74 Å². The molecule has 1 fully saturated rings. The first-order chi connectivity index (χ1) is 9.82. The Morgan fingerprint density at radius 2 is 2.29 bits per heavy atom. The highest BCUT2D eigenvalue weighted by Gasteiger charge is 2.35. The molecule has 1 aliphatic heterocycles. The summed E-state index contributed by atoms with van der Waals surface area (Å²) in [5.41, 5.74) is -0.331. The molecule has 2 heterocycles. The molecular weight excluding hydrogens is 272 g/mol. The van der Waals surface area contributed by atoms with Crippen LogP contribution >= 0.6 is 0 Å². The largest absolute Gasteiger partial charge is 0.370 e. The highest BCUT2D eigenvalue weighted by Crippen LogP contribution is 2.32. The van der Waals surface area contributed by atoms with Crippen LogP contribution < -0.4 is 10.2 Å².